The number of nitrogens with one attached hydrogen (secondary N) is 2. The van der Waals surface area contributed by atoms with Crippen molar-refractivity contribution in [3.05, 3.63) is 57.9 Å². The minimum Gasteiger partial charge on any atom is -0.490 e. The standard InChI is InChI=1S/C22H19BrFN3O7/c1-2-33-17-9-12(8-16-21(31)27(10-19(29)30)22(32)26-16)7-15(23)20(17)34-11-18(28)25-14-5-3-13(24)4-6-14/h3-9H,2,10-11H2,1H3,(H,25,28)(H,26,32)(H,29,30)/b16-8+. The number of carboxylic acids is 1. The maximum absolute atomic E-state index is 13.0. The summed E-state index contributed by atoms with van der Waals surface area (Å²) >= 11 is 3.35. The number of urea groups is 1. The van der Waals surface area contributed by atoms with Crippen molar-refractivity contribution < 1.29 is 38.1 Å². The van der Waals surface area contributed by atoms with Gasteiger partial charge in [0.2, 0.25) is 0 Å². The number of anilines is 1. The third-order valence-corrected chi connectivity index (χ3v) is 4.96. The van der Waals surface area contributed by atoms with Crippen LogP contribution in [0.3, 0.4) is 0 Å². The van der Waals surface area contributed by atoms with Crippen molar-refractivity contribution in [3.8, 4) is 11.5 Å². The molecule has 0 unspecified atom stereocenters. The Morgan fingerprint density at radius 3 is 2.56 bits per heavy atom. The normalized spacial score (nSPS) is 14.2. The van der Waals surface area contributed by atoms with Crippen LogP contribution in [0.4, 0.5) is 14.9 Å². The van der Waals surface area contributed by atoms with Crippen LogP contribution < -0.4 is 20.1 Å². The molecule has 1 heterocycles. The second-order valence-electron chi connectivity index (χ2n) is 6.88. The fraction of sp³-hybridized carbons (Fsp3) is 0.182. The molecule has 2 aromatic rings. The van der Waals surface area contributed by atoms with Crippen LogP contribution in [0.5, 0.6) is 11.5 Å². The predicted molar refractivity (Wildman–Crippen MR) is 122 cm³/mol. The van der Waals surface area contributed by atoms with Gasteiger partial charge in [-0.15, -0.1) is 0 Å². The van der Waals surface area contributed by atoms with E-state index in [0.29, 0.717) is 20.6 Å². The molecule has 12 heteroatoms. The number of imide groups is 1. The summed E-state index contributed by atoms with van der Waals surface area (Å²) in [4.78, 5) is 47.9. The van der Waals surface area contributed by atoms with Gasteiger partial charge in [0.15, 0.2) is 18.1 Å². The Morgan fingerprint density at radius 1 is 1.21 bits per heavy atom. The van der Waals surface area contributed by atoms with E-state index >= 15 is 0 Å². The summed E-state index contributed by atoms with van der Waals surface area (Å²) in [6.07, 6.45) is 1.36. The molecule has 1 saturated heterocycles. The number of carboxylic acid groups (broad SMARTS) is 1. The molecule has 1 aliphatic rings. The molecule has 34 heavy (non-hydrogen) atoms. The van der Waals surface area contributed by atoms with E-state index in [4.69, 9.17) is 14.6 Å². The molecular weight excluding hydrogens is 517 g/mol. The molecule has 0 aromatic heterocycles. The Morgan fingerprint density at radius 2 is 1.91 bits per heavy atom. The SMILES string of the molecule is CCOc1cc(/C=C2/NC(=O)N(CC(=O)O)C2=O)cc(Br)c1OCC(=O)Nc1ccc(F)cc1. The van der Waals surface area contributed by atoms with Crippen LogP contribution in [0, 0.1) is 5.82 Å². The van der Waals surface area contributed by atoms with Crippen LogP contribution in [0.2, 0.25) is 0 Å². The number of nitrogens with zero attached hydrogens (tertiary/aromatic N) is 1. The Bertz CT molecular complexity index is 1170. The smallest absolute Gasteiger partial charge is 0.329 e. The summed E-state index contributed by atoms with van der Waals surface area (Å²) in [5.74, 6) is -2.52. The van der Waals surface area contributed by atoms with E-state index in [9.17, 15) is 23.6 Å². The van der Waals surface area contributed by atoms with Crippen molar-refractivity contribution in [2.24, 2.45) is 0 Å². The minimum absolute atomic E-state index is 0.104. The van der Waals surface area contributed by atoms with E-state index in [1.165, 1.54) is 36.4 Å². The first-order valence-corrected chi connectivity index (χ1v) is 10.7. The van der Waals surface area contributed by atoms with Gasteiger partial charge in [0.1, 0.15) is 18.1 Å². The number of carbonyl (C=O) groups excluding carboxylic acids is 3. The van der Waals surface area contributed by atoms with Gasteiger partial charge in [-0.2, -0.15) is 0 Å². The number of carbonyl (C=O) groups is 4. The first kappa shape index (κ1) is 24.7. The Hall–Kier alpha value is -3.93. The van der Waals surface area contributed by atoms with E-state index in [1.54, 1.807) is 13.0 Å². The molecule has 0 atom stereocenters. The van der Waals surface area contributed by atoms with E-state index < -0.39 is 36.2 Å². The Labute approximate surface area is 201 Å². The van der Waals surface area contributed by atoms with Gasteiger partial charge in [0.25, 0.3) is 11.8 Å². The van der Waals surface area contributed by atoms with Gasteiger partial charge < -0.3 is 25.2 Å². The third-order valence-electron chi connectivity index (χ3n) is 4.37. The second kappa shape index (κ2) is 10.8. The lowest BCUT2D eigenvalue weighted by atomic mass is 10.1. The third kappa shape index (κ3) is 6.10. The van der Waals surface area contributed by atoms with E-state index in [1.807, 2.05) is 0 Å². The van der Waals surface area contributed by atoms with Crippen molar-refractivity contribution in [1.29, 1.82) is 0 Å². The van der Waals surface area contributed by atoms with E-state index in [0.717, 1.165) is 0 Å². The molecule has 4 amide bonds. The van der Waals surface area contributed by atoms with Crippen molar-refractivity contribution in [3.63, 3.8) is 0 Å². The molecule has 0 spiro atoms. The molecule has 3 N–H and O–H groups in total. The summed E-state index contributed by atoms with van der Waals surface area (Å²) in [5.41, 5.74) is 0.744. The molecular formula is C22H19BrFN3O7. The molecule has 0 radical (unpaired) electrons. The predicted octanol–water partition coefficient (Wildman–Crippen LogP) is 2.98. The number of aliphatic carboxylic acids is 1. The zero-order chi connectivity index (χ0) is 24.8. The first-order valence-electron chi connectivity index (χ1n) is 9.88. The van der Waals surface area contributed by atoms with Gasteiger partial charge in [-0.3, -0.25) is 14.4 Å². The number of halogens is 2. The summed E-state index contributed by atoms with van der Waals surface area (Å²) < 4.78 is 24.6. The Kier molecular flexibility index (Phi) is 7.84. The van der Waals surface area contributed by atoms with Crippen LogP contribution in [0.25, 0.3) is 6.08 Å². The lowest BCUT2D eigenvalue weighted by Gasteiger charge is -2.15. The van der Waals surface area contributed by atoms with Crippen LogP contribution in [-0.4, -0.2) is 53.6 Å². The maximum atomic E-state index is 13.0. The minimum atomic E-state index is -1.32. The highest BCUT2D eigenvalue weighted by atomic mass is 79.9. The largest absolute Gasteiger partial charge is 0.490 e. The first-order chi connectivity index (χ1) is 16.2. The molecule has 0 bridgehead atoms. The van der Waals surface area contributed by atoms with Crippen LogP contribution in [0.15, 0.2) is 46.6 Å². The number of amides is 4. The molecule has 1 aliphatic heterocycles. The Balaban J connectivity index is 1.76. The average Bonchev–Trinajstić information content (AvgIpc) is 3.02. The number of hydrogen-bond acceptors (Lipinski definition) is 6. The molecule has 3 rings (SSSR count). The quantitative estimate of drug-likeness (QED) is 0.332. The van der Waals surface area contributed by atoms with Crippen molar-refractivity contribution >= 4 is 51.5 Å². The number of ether oxygens (including phenoxy) is 2. The number of benzene rings is 2. The molecule has 10 nitrogen and oxygen atoms in total. The van der Waals surface area contributed by atoms with Gasteiger partial charge in [0.05, 0.1) is 11.1 Å². The molecule has 0 aliphatic carbocycles. The molecule has 2 aromatic carbocycles. The van der Waals surface area contributed by atoms with E-state index in [2.05, 4.69) is 26.6 Å². The number of rotatable bonds is 9. The monoisotopic (exact) mass is 535 g/mol. The van der Waals surface area contributed by atoms with Crippen LogP contribution in [0.1, 0.15) is 12.5 Å². The lowest BCUT2D eigenvalue weighted by molar-refractivity contribution is -0.140. The van der Waals surface area contributed by atoms with Crippen LogP contribution in [-0.2, 0) is 14.4 Å². The maximum Gasteiger partial charge on any atom is 0.329 e. The summed E-state index contributed by atoms with van der Waals surface area (Å²) in [7, 11) is 0. The van der Waals surface area contributed by atoms with Gasteiger partial charge in [-0.1, -0.05) is 0 Å². The summed E-state index contributed by atoms with van der Waals surface area (Å²) in [6.45, 7) is 0.888. The van der Waals surface area contributed by atoms with Crippen LogP contribution >= 0.6 is 15.9 Å². The lowest BCUT2D eigenvalue weighted by Crippen LogP contribution is -2.35. The highest BCUT2D eigenvalue weighted by molar-refractivity contribution is 9.10. The fourth-order valence-electron chi connectivity index (χ4n) is 2.96. The van der Waals surface area contributed by atoms with Crippen molar-refractivity contribution in [2.75, 3.05) is 25.1 Å². The zero-order valence-corrected chi connectivity index (χ0v) is 19.3. The zero-order valence-electron chi connectivity index (χ0n) is 17.8. The molecule has 0 saturated carbocycles. The van der Waals surface area contributed by atoms with Gasteiger partial charge in [-0.05, 0) is 70.9 Å². The molecule has 178 valence electrons. The second-order valence-corrected chi connectivity index (χ2v) is 7.73. The van der Waals surface area contributed by atoms with Crippen molar-refractivity contribution in [2.45, 2.75) is 6.92 Å². The number of hydrogen-bond donors (Lipinski definition) is 3. The summed E-state index contributed by atoms with van der Waals surface area (Å²) in [5, 5.41) is 13.8. The topological polar surface area (TPSA) is 134 Å². The van der Waals surface area contributed by atoms with E-state index in [-0.39, 0.29) is 30.4 Å². The van der Waals surface area contributed by atoms with Gasteiger partial charge in [0, 0.05) is 5.69 Å². The average molecular weight is 536 g/mol. The highest BCUT2D eigenvalue weighted by Gasteiger charge is 2.35. The summed E-state index contributed by atoms with van der Waals surface area (Å²) in [6, 6.07) is 7.53. The van der Waals surface area contributed by atoms with Crippen molar-refractivity contribution in [1.82, 2.24) is 10.2 Å². The van der Waals surface area contributed by atoms with Gasteiger partial charge in [-0.25, -0.2) is 14.1 Å². The molecule has 1 fully saturated rings. The highest BCUT2D eigenvalue weighted by Crippen LogP contribution is 2.37. The van der Waals surface area contributed by atoms with Gasteiger partial charge >= 0.3 is 12.0 Å². The fourth-order valence-corrected chi connectivity index (χ4v) is 3.53.